The minimum Gasteiger partial charge on any atom is -0.275 e. The van der Waals surface area contributed by atoms with Crippen molar-refractivity contribution in [3.63, 3.8) is 0 Å². The third-order valence-electron chi connectivity index (χ3n) is 2.61. The fraction of sp³-hybridized carbons (Fsp3) is 0.500. The lowest BCUT2D eigenvalue weighted by molar-refractivity contribution is 0.169. The number of nitrogens with one attached hydrogen (secondary N) is 1. The van der Waals surface area contributed by atoms with Gasteiger partial charge in [0.15, 0.2) is 0 Å². The van der Waals surface area contributed by atoms with E-state index in [9.17, 15) is 4.79 Å². The lowest BCUT2D eigenvalue weighted by Crippen LogP contribution is -2.53. The molecule has 7 heteroatoms. The monoisotopic (exact) mass is 227 g/mol. The second-order valence-corrected chi connectivity index (χ2v) is 4.41. The number of aryl methyl sites for hydroxylation is 1. The molecule has 1 unspecified atom stereocenters. The maximum Gasteiger partial charge on any atom is 0.345 e. The number of nitrogens with zero attached hydrogens (tertiary/aromatic N) is 2. The van der Waals surface area contributed by atoms with Crippen molar-refractivity contribution in [2.45, 2.75) is 25.3 Å². The zero-order valence-corrected chi connectivity index (χ0v) is 8.96. The predicted octanol–water partition coefficient (Wildman–Crippen LogP) is -0.241. The quantitative estimate of drug-likeness (QED) is 0.350. The summed E-state index contributed by atoms with van der Waals surface area (Å²) < 4.78 is 0. The molecule has 6 nitrogen and oxygen atoms in total. The van der Waals surface area contributed by atoms with Gasteiger partial charge in [0.2, 0.25) is 0 Å². The molecule has 0 aromatic carbocycles. The van der Waals surface area contributed by atoms with Crippen molar-refractivity contribution in [1.82, 2.24) is 15.4 Å². The van der Waals surface area contributed by atoms with Crippen molar-refractivity contribution in [3.8, 4) is 0 Å². The van der Waals surface area contributed by atoms with Gasteiger partial charge in [0.1, 0.15) is 0 Å². The van der Waals surface area contributed by atoms with Crippen LogP contribution in [0.2, 0.25) is 0 Å². The molecule has 1 aliphatic carbocycles. The number of aromatic nitrogens is 1. The van der Waals surface area contributed by atoms with E-state index >= 15 is 0 Å². The van der Waals surface area contributed by atoms with E-state index in [1.165, 1.54) is 9.89 Å². The molecule has 0 saturated heterocycles. The molecule has 1 aliphatic rings. The molecule has 0 bridgehead atoms. The molecule has 1 aromatic heterocycles. The summed E-state index contributed by atoms with van der Waals surface area (Å²) in [6, 6.07) is -0.436. The van der Waals surface area contributed by atoms with E-state index in [1.54, 1.807) is 11.3 Å². The summed E-state index contributed by atoms with van der Waals surface area (Å²) >= 11 is 1.61. The van der Waals surface area contributed by atoms with Crippen LogP contribution in [0, 0.1) is 0 Å². The van der Waals surface area contributed by atoms with Crippen molar-refractivity contribution in [2.75, 3.05) is 0 Å². The summed E-state index contributed by atoms with van der Waals surface area (Å²) in [5.74, 6) is 10.7. The summed E-state index contributed by atoms with van der Waals surface area (Å²) in [7, 11) is 0. The Morgan fingerprint density at radius 3 is 3.27 bits per heavy atom. The number of hydrogen-bond acceptors (Lipinski definition) is 5. The van der Waals surface area contributed by atoms with Crippen molar-refractivity contribution >= 4 is 17.4 Å². The van der Waals surface area contributed by atoms with Crippen molar-refractivity contribution in [1.29, 1.82) is 0 Å². The van der Waals surface area contributed by atoms with Gasteiger partial charge in [0.25, 0.3) is 0 Å². The first-order valence-corrected chi connectivity index (χ1v) is 5.56. The van der Waals surface area contributed by atoms with Crippen LogP contribution in [0.3, 0.4) is 0 Å². The first-order valence-electron chi connectivity index (χ1n) is 4.68. The van der Waals surface area contributed by atoms with E-state index in [2.05, 4.69) is 4.98 Å². The van der Waals surface area contributed by atoms with Crippen LogP contribution in [-0.4, -0.2) is 22.1 Å². The van der Waals surface area contributed by atoms with Crippen LogP contribution in [0.25, 0.3) is 0 Å². The molecular formula is C8H13N5OS. The third-order valence-corrected chi connectivity index (χ3v) is 3.51. The van der Waals surface area contributed by atoms with Crippen LogP contribution in [0.1, 0.15) is 17.0 Å². The molecule has 0 aliphatic heterocycles. The maximum atomic E-state index is 11.2. The molecule has 0 saturated carbocycles. The largest absolute Gasteiger partial charge is 0.345 e. The Balaban J connectivity index is 2.06. The molecule has 15 heavy (non-hydrogen) atoms. The SMILES string of the molecule is NNC(=O)N(N)C1CCc2ncsc2C1. The molecule has 1 heterocycles. The summed E-state index contributed by atoms with van der Waals surface area (Å²) in [6.45, 7) is 0. The molecule has 1 aromatic rings. The highest BCUT2D eigenvalue weighted by molar-refractivity contribution is 7.09. The smallest absolute Gasteiger partial charge is 0.275 e. The highest BCUT2D eigenvalue weighted by atomic mass is 32.1. The fourth-order valence-electron chi connectivity index (χ4n) is 1.76. The Kier molecular flexibility index (Phi) is 2.85. The highest BCUT2D eigenvalue weighted by Crippen LogP contribution is 2.25. The first-order chi connectivity index (χ1) is 7.22. The van der Waals surface area contributed by atoms with E-state index in [0.717, 1.165) is 25.0 Å². The zero-order valence-electron chi connectivity index (χ0n) is 8.14. The molecular weight excluding hydrogens is 214 g/mol. The zero-order chi connectivity index (χ0) is 10.8. The minimum absolute atomic E-state index is 0.0153. The number of rotatable bonds is 1. The Hall–Kier alpha value is -1.18. The number of fused-ring (bicyclic) bond motifs is 1. The van der Waals surface area contributed by atoms with E-state index in [1.807, 2.05) is 10.9 Å². The second kappa shape index (κ2) is 4.13. The average Bonchev–Trinajstić information content (AvgIpc) is 2.73. The Bertz CT molecular complexity index is 366. The van der Waals surface area contributed by atoms with E-state index in [0.29, 0.717) is 0 Å². The van der Waals surface area contributed by atoms with Crippen molar-refractivity contribution in [2.24, 2.45) is 11.7 Å². The van der Waals surface area contributed by atoms with Gasteiger partial charge < -0.3 is 0 Å². The van der Waals surface area contributed by atoms with Crippen LogP contribution in [0.15, 0.2) is 5.51 Å². The molecule has 0 fully saturated rings. The second-order valence-electron chi connectivity index (χ2n) is 3.48. The van der Waals surface area contributed by atoms with E-state index in [4.69, 9.17) is 11.7 Å². The lowest BCUT2D eigenvalue weighted by Gasteiger charge is -2.29. The number of thiazole rings is 1. The van der Waals surface area contributed by atoms with Gasteiger partial charge in [-0.05, 0) is 12.8 Å². The number of urea groups is 1. The van der Waals surface area contributed by atoms with Gasteiger partial charge in [-0.25, -0.2) is 21.5 Å². The Morgan fingerprint density at radius 2 is 2.53 bits per heavy atom. The van der Waals surface area contributed by atoms with Gasteiger partial charge in [0.05, 0.1) is 17.2 Å². The third kappa shape index (κ3) is 1.94. The Labute approximate surface area is 91.2 Å². The van der Waals surface area contributed by atoms with Crippen LogP contribution < -0.4 is 17.1 Å². The molecule has 2 amide bonds. The number of carbonyl (C=O) groups is 1. The number of amides is 2. The predicted molar refractivity (Wildman–Crippen MR) is 56.7 cm³/mol. The van der Waals surface area contributed by atoms with Crippen molar-refractivity contribution < 1.29 is 4.79 Å². The van der Waals surface area contributed by atoms with Gasteiger partial charge in [-0.3, -0.25) is 10.4 Å². The summed E-state index contributed by atoms with van der Waals surface area (Å²) in [5, 5.41) is 1.17. The average molecular weight is 227 g/mol. The summed E-state index contributed by atoms with van der Waals surface area (Å²) in [4.78, 5) is 16.7. The molecule has 82 valence electrons. The topological polar surface area (TPSA) is 97.3 Å². The number of nitrogens with two attached hydrogens (primary N) is 2. The number of carbonyl (C=O) groups excluding carboxylic acids is 1. The van der Waals surface area contributed by atoms with Gasteiger partial charge in [-0.1, -0.05) is 0 Å². The summed E-state index contributed by atoms with van der Waals surface area (Å²) in [6.07, 6.45) is 2.47. The fourth-order valence-corrected chi connectivity index (χ4v) is 2.65. The van der Waals surface area contributed by atoms with Crippen LogP contribution in [0.5, 0.6) is 0 Å². The Morgan fingerprint density at radius 1 is 1.73 bits per heavy atom. The van der Waals surface area contributed by atoms with Gasteiger partial charge in [0, 0.05) is 11.3 Å². The van der Waals surface area contributed by atoms with Crippen molar-refractivity contribution in [3.05, 3.63) is 16.1 Å². The molecule has 5 N–H and O–H groups in total. The van der Waals surface area contributed by atoms with Crippen LogP contribution in [-0.2, 0) is 12.8 Å². The van der Waals surface area contributed by atoms with Gasteiger partial charge >= 0.3 is 6.03 Å². The van der Waals surface area contributed by atoms with E-state index < -0.39 is 6.03 Å². The molecule has 0 radical (unpaired) electrons. The van der Waals surface area contributed by atoms with Crippen LogP contribution in [0.4, 0.5) is 4.79 Å². The lowest BCUT2D eigenvalue weighted by atomic mass is 9.97. The normalized spacial score (nSPS) is 19.5. The standard InChI is InChI=1S/C8H13N5OS/c9-12-8(14)13(10)5-1-2-6-7(3-5)15-4-11-6/h4-5H,1-3,9-10H2,(H,12,14). The highest BCUT2D eigenvalue weighted by Gasteiger charge is 2.26. The maximum absolute atomic E-state index is 11.2. The van der Waals surface area contributed by atoms with Gasteiger partial charge in [-0.2, -0.15) is 0 Å². The van der Waals surface area contributed by atoms with Gasteiger partial charge in [-0.15, -0.1) is 11.3 Å². The number of hydrazine groups is 2. The molecule has 2 rings (SSSR count). The minimum atomic E-state index is -0.451. The first kappa shape index (κ1) is 10.3. The number of hydrogen-bond donors (Lipinski definition) is 3. The molecule has 0 spiro atoms. The summed E-state index contributed by atoms with van der Waals surface area (Å²) in [5.41, 5.74) is 5.00. The van der Waals surface area contributed by atoms with Crippen LogP contribution >= 0.6 is 11.3 Å². The van der Waals surface area contributed by atoms with E-state index in [-0.39, 0.29) is 6.04 Å². The molecule has 1 atom stereocenters.